The van der Waals surface area contributed by atoms with Gasteiger partial charge in [0.25, 0.3) is 5.91 Å². The summed E-state index contributed by atoms with van der Waals surface area (Å²) in [5.41, 5.74) is 7.54. The summed E-state index contributed by atoms with van der Waals surface area (Å²) in [5.74, 6) is 0.753. The van der Waals surface area contributed by atoms with Crippen LogP contribution in [0.5, 0.6) is 5.75 Å². The quantitative estimate of drug-likeness (QED) is 0.811. The lowest BCUT2D eigenvalue weighted by molar-refractivity contribution is 0.0785. The van der Waals surface area contributed by atoms with E-state index in [1.54, 1.807) is 36.2 Å². The van der Waals surface area contributed by atoms with E-state index >= 15 is 0 Å². The molecular weight excluding hydrogens is 318 g/mol. The molecule has 0 fully saturated rings. The van der Waals surface area contributed by atoms with Gasteiger partial charge in [-0.2, -0.15) is 0 Å². The summed E-state index contributed by atoms with van der Waals surface area (Å²) >= 11 is 0. The molecule has 0 saturated heterocycles. The van der Waals surface area contributed by atoms with Crippen LogP contribution in [0, 0.1) is 0 Å². The van der Waals surface area contributed by atoms with Crippen molar-refractivity contribution in [3.63, 3.8) is 0 Å². The maximum Gasteiger partial charge on any atom is 0.312 e. The van der Waals surface area contributed by atoms with E-state index in [0.29, 0.717) is 25.3 Å². The minimum atomic E-state index is -0.574. The molecule has 2 aromatic rings. The predicted molar refractivity (Wildman–Crippen MR) is 96.3 cm³/mol. The van der Waals surface area contributed by atoms with Crippen molar-refractivity contribution in [3.05, 3.63) is 65.2 Å². The van der Waals surface area contributed by atoms with E-state index in [1.807, 2.05) is 31.2 Å². The maximum absolute atomic E-state index is 12.5. The third kappa shape index (κ3) is 5.53. The van der Waals surface area contributed by atoms with Crippen molar-refractivity contribution in [1.29, 1.82) is 0 Å². The van der Waals surface area contributed by atoms with Crippen molar-refractivity contribution in [3.8, 4) is 5.75 Å². The minimum absolute atomic E-state index is 0.0664. The van der Waals surface area contributed by atoms with Gasteiger partial charge in [0, 0.05) is 25.7 Å². The van der Waals surface area contributed by atoms with Gasteiger partial charge < -0.3 is 20.7 Å². The Balaban J connectivity index is 1.95. The molecule has 2 aromatic carbocycles. The number of nitrogens with one attached hydrogen (secondary N) is 1. The highest BCUT2D eigenvalue weighted by atomic mass is 16.5. The third-order valence-electron chi connectivity index (χ3n) is 3.67. The Labute approximate surface area is 147 Å². The van der Waals surface area contributed by atoms with Crippen LogP contribution in [0.2, 0.25) is 0 Å². The number of carbonyl (C=O) groups excluding carboxylic acids is 2. The van der Waals surface area contributed by atoms with Crippen molar-refractivity contribution in [1.82, 2.24) is 10.2 Å². The zero-order chi connectivity index (χ0) is 18.2. The lowest BCUT2D eigenvalue weighted by Gasteiger charge is -2.18. The second-order valence-electron chi connectivity index (χ2n) is 5.65. The molecule has 3 amide bonds. The van der Waals surface area contributed by atoms with Gasteiger partial charge in [0.2, 0.25) is 0 Å². The molecule has 0 unspecified atom stereocenters. The average molecular weight is 341 g/mol. The first-order chi connectivity index (χ1) is 12.0. The van der Waals surface area contributed by atoms with Crippen LogP contribution < -0.4 is 15.8 Å². The van der Waals surface area contributed by atoms with Gasteiger partial charge in [0.15, 0.2) is 0 Å². The average Bonchev–Trinajstić information content (AvgIpc) is 2.61. The lowest BCUT2D eigenvalue weighted by Crippen LogP contribution is -2.28. The van der Waals surface area contributed by atoms with Gasteiger partial charge in [0.1, 0.15) is 5.75 Å². The predicted octanol–water partition coefficient (Wildman–Crippen LogP) is 2.53. The van der Waals surface area contributed by atoms with Crippen LogP contribution in [-0.2, 0) is 13.1 Å². The Bertz CT molecular complexity index is 712. The van der Waals surface area contributed by atoms with Gasteiger partial charge in [-0.25, -0.2) is 4.79 Å². The largest absolute Gasteiger partial charge is 0.494 e. The number of amides is 3. The molecule has 2 rings (SSSR count). The zero-order valence-corrected chi connectivity index (χ0v) is 14.5. The molecule has 0 heterocycles. The van der Waals surface area contributed by atoms with Gasteiger partial charge in [-0.15, -0.1) is 0 Å². The Morgan fingerprint density at radius 1 is 1.04 bits per heavy atom. The summed E-state index contributed by atoms with van der Waals surface area (Å²) in [4.78, 5) is 24.9. The van der Waals surface area contributed by atoms with Crippen LogP contribution >= 0.6 is 0 Å². The fourth-order valence-corrected chi connectivity index (χ4v) is 2.38. The van der Waals surface area contributed by atoms with Crippen molar-refractivity contribution in [2.45, 2.75) is 20.0 Å². The van der Waals surface area contributed by atoms with Crippen LogP contribution in [0.1, 0.15) is 28.4 Å². The van der Waals surface area contributed by atoms with Crippen LogP contribution in [-0.4, -0.2) is 30.5 Å². The molecule has 25 heavy (non-hydrogen) atoms. The second-order valence-corrected chi connectivity index (χ2v) is 5.65. The topological polar surface area (TPSA) is 84.7 Å². The number of rotatable bonds is 7. The highest BCUT2D eigenvalue weighted by Crippen LogP contribution is 2.14. The van der Waals surface area contributed by atoms with Gasteiger partial charge in [0.05, 0.1) is 6.61 Å². The molecule has 0 spiro atoms. The third-order valence-corrected chi connectivity index (χ3v) is 3.67. The monoisotopic (exact) mass is 341 g/mol. The summed E-state index contributed by atoms with van der Waals surface area (Å²) in [5, 5.41) is 2.51. The molecular formula is C19H23N3O3. The second kappa shape index (κ2) is 8.73. The summed E-state index contributed by atoms with van der Waals surface area (Å²) in [6, 6.07) is 14.2. The first-order valence-corrected chi connectivity index (χ1v) is 8.09. The molecule has 0 radical (unpaired) electrons. The van der Waals surface area contributed by atoms with Gasteiger partial charge >= 0.3 is 6.03 Å². The van der Waals surface area contributed by atoms with Crippen LogP contribution in [0.15, 0.2) is 48.5 Å². The van der Waals surface area contributed by atoms with Gasteiger partial charge in [-0.3, -0.25) is 4.79 Å². The number of primary amides is 1. The van der Waals surface area contributed by atoms with E-state index in [4.69, 9.17) is 10.5 Å². The van der Waals surface area contributed by atoms with E-state index in [1.165, 1.54) is 0 Å². The van der Waals surface area contributed by atoms with E-state index in [9.17, 15) is 9.59 Å². The molecule has 0 aliphatic carbocycles. The van der Waals surface area contributed by atoms with Crippen LogP contribution in [0.25, 0.3) is 0 Å². The molecule has 6 heteroatoms. The Morgan fingerprint density at radius 3 is 2.20 bits per heavy atom. The molecule has 0 aliphatic rings. The number of hydrogen-bond acceptors (Lipinski definition) is 3. The highest BCUT2D eigenvalue weighted by Gasteiger charge is 2.12. The number of benzene rings is 2. The molecule has 0 bridgehead atoms. The van der Waals surface area contributed by atoms with Crippen molar-refractivity contribution >= 4 is 11.9 Å². The molecule has 0 aliphatic heterocycles. The van der Waals surface area contributed by atoms with E-state index < -0.39 is 6.03 Å². The highest BCUT2D eigenvalue weighted by molar-refractivity contribution is 5.94. The molecule has 6 nitrogen and oxygen atoms in total. The Kier molecular flexibility index (Phi) is 6.39. The van der Waals surface area contributed by atoms with Gasteiger partial charge in [-0.05, 0) is 42.3 Å². The van der Waals surface area contributed by atoms with E-state index in [-0.39, 0.29) is 5.91 Å². The first kappa shape index (κ1) is 18.3. The summed E-state index contributed by atoms with van der Waals surface area (Å²) in [6.45, 7) is 3.42. The summed E-state index contributed by atoms with van der Waals surface area (Å²) in [7, 11) is 1.77. The van der Waals surface area contributed by atoms with Crippen LogP contribution in [0.4, 0.5) is 4.79 Å². The smallest absolute Gasteiger partial charge is 0.312 e. The lowest BCUT2D eigenvalue weighted by atomic mass is 10.1. The van der Waals surface area contributed by atoms with Crippen molar-refractivity contribution in [2.75, 3.05) is 13.7 Å². The standard InChI is InChI=1S/C19H23N3O3/c1-3-25-17-10-6-15(7-11-17)13-22(2)18(23)16-8-4-14(5-9-16)12-21-19(20)24/h4-11H,3,12-13H2,1-2H3,(H3,20,21,24). The SMILES string of the molecule is CCOc1ccc(CN(C)C(=O)c2ccc(CNC(N)=O)cc2)cc1. The number of carbonyl (C=O) groups is 2. The summed E-state index contributed by atoms with van der Waals surface area (Å²) < 4.78 is 5.41. The van der Waals surface area contributed by atoms with Crippen LogP contribution in [0.3, 0.4) is 0 Å². The molecule has 0 atom stereocenters. The fourth-order valence-electron chi connectivity index (χ4n) is 2.38. The molecule has 0 saturated carbocycles. The number of hydrogen-bond donors (Lipinski definition) is 2. The molecule has 3 N–H and O–H groups in total. The number of ether oxygens (including phenoxy) is 1. The summed E-state index contributed by atoms with van der Waals surface area (Å²) in [6.07, 6.45) is 0. The minimum Gasteiger partial charge on any atom is -0.494 e. The Hall–Kier alpha value is -3.02. The number of urea groups is 1. The normalized spacial score (nSPS) is 10.2. The van der Waals surface area contributed by atoms with Gasteiger partial charge in [-0.1, -0.05) is 24.3 Å². The first-order valence-electron chi connectivity index (χ1n) is 8.09. The number of nitrogens with two attached hydrogens (primary N) is 1. The molecule has 132 valence electrons. The maximum atomic E-state index is 12.5. The zero-order valence-electron chi connectivity index (χ0n) is 14.5. The van der Waals surface area contributed by atoms with E-state index in [0.717, 1.165) is 16.9 Å². The Morgan fingerprint density at radius 2 is 1.64 bits per heavy atom. The van der Waals surface area contributed by atoms with Crippen molar-refractivity contribution < 1.29 is 14.3 Å². The van der Waals surface area contributed by atoms with Crippen molar-refractivity contribution in [2.24, 2.45) is 5.73 Å². The fraction of sp³-hybridized carbons (Fsp3) is 0.263. The van der Waals surface area contributed by atoms with E-state index in [2.05, 4.69) is 5.32 Å². The number of nitrogens with zero attached hydrogens (tertiary/aromatic N) is 1. The molecule has 0 aromatic heterocycles.